The Bertz CT molecular complexity index is 1240. The number of pyridine rings is 1. The molecule has 0 amide bonds. The van der Waals surface area contributed by atoms with Gasteiger partial charge in [0.2, 0.25) is 0 Å². The SMILES string of the molecule is CCC(CC[C@@H]1CCC=C2C=C3CCC(N4CC[C@@H](F)C4)C[C@]34CC[C@@]21O4)c1ccc2ccncc2c1. The van der Waals surface area contributed by atoms with Gasteiger partial charge in [0.25, 0.3) is 0 Å². The Morgan fingerprint density at radius 3 is 2.97 bits per heavy atom. The summed E-state index contributed by atoms with van der Waals surface area (Å²) in [7, 11) is 0. The largest absolute Gasteiger partial charge is 0.359 e. The van der Waals surface area contributed by atoms with Crippen LogP contribution in [-0.4, -0.2) is 46.4 Å². The molecule has 3 aliphatic heterocycles. The Labute approximate surface area is 221 Å². The molecule has 4 heterocycles. The van der Waals surface area contributed by atoms with Crippen LogP contribution >= 0.6 is 0 Å². The van der Waals surface area contributed by atoms with Gasteiger partial charge < -0.3 is 4.74 Å². The molecule has 2 aromatic rings. The van der Waals surface area contributed by atoms with E-state index in [0.717, 1.165) is 45.1 Å². The fourth-order valence-electron chi connectivity index (χ4n) is 8.65. The zero-order valence-electron chi connectivity index (χ0n) is 22.3. The fourth-order valence-corrected chi connectivity index (χ4v) is 8.65. The molecule has 3 nitrogen and oxygen atoms in total. The van der Waals surface area contributed by atoms with Crippen LogP contribution in [0.3, 0.4) is 0 Å². The lowest BCUT2D eigenvalue weighted by molar-refractivity contribution is -0.123. The highest BCUT2D eigenvalue weighted by atomic mass is 19.1. The van der Waals surface area contributed by atoms with Crippen molar-refractivity contribution in [3.63, 3.8) is 0 Å². The Morgan fingerprint density at radius 1 is 1.16 bits per heavy atom. The molecule has 1 saturated carbocycles. The zero-order chi connectivity index (χ0) is 25.0. The number of ether oxygens (including phenoxy) is 1. The number of aromatic nitrogens is 1. The highest BCUT2D eigenvalue weighted by Crippen LogP contribution is 2.61. The molecular formula is C33H41FN2O. The van der Waals surface area contributed by atoms with Crippen molar-refractivity contribution in [2.75, 3.05) is 13.1 Å². The third-order valence-electron chi connectivity index (χ3n) is 10.7. The molecule has 7 rings (SSSR count). The van der Waals surface area contributed by atoms with E-state index >= 15 is 0 Å². The summed E-state index contributed by atoms with van der Waals surface area (Å²) in [4.78, 5) is 6.78. The van der Waals surface area contributed by atoms with Gasteiger partial charge in [-0.1, -0.05) is 31.2 Å². The van der Waals surface area contributed by atoms with Crippen molar-refractivity contribution < 1.29 is 9.13 Å². The van der Waals surface area contributed by atoms with Crippen molar-refractivity contribution in [3.05, 3.63) is 65.5 Å². The first kappa shape index (κ1) is 24.0. The summed E-state index contributed by atoms with van der Waals surface area (Å²) in [6, 6.07) is 9.54. The molecule has 2 saturated heterocycles. The molecule has 37 heavy (non-hydrogen) atoms. The quantitative estimate of drug-likeness (QED) is 0.407. The van der Waals surface area contributed by atoms with Crippen molar-refractivity contribution in [2.24, 2.45) is 5.92 Å². The number of alkyl halides is 1. The number of likely N-dealkylation sites (tertiary alicyclic amines) is 1. The van der Waals surface area contributed by atoms with Gasteiger partial charge in [0.05, 0.1) is 11.2 Å². The standard InChI is InChI=1S/C33H41FN2O/c1-2-23(25-7-6-24-12-16-35-21-26(24)18-25)8-9-27-4-3-5-29-19-28-10-11-31(36-17-13-30(34)22-36)20-32(28)14-15-33(27,29)37-32/h5-7,12,16,18-19,21,23,27,30-31H,2-4,8-11,13-15,17,20,22H2,1H3/t23?,27-,30+,31?,32+,33-/m0/s1. The minimum atomic E-state index is -0.640. The summed E-state index contributed by atoms with van der Waals surface area (Å²) in [6.07, 6.45) is 20.6. The Morgan fingerprint density at radius 2 is 2.11 bits per heavy atom. The van der Waals surface area contributed by atoms with Crippen LogP contribution in [0.25, 0.3) is 10.8 Å². The van der Waals surface area contributed by atoms with E-state index in [1.807, 2.05) is 12.4 Å². The number of fused-ring (bicyclic) bond motifs is 1. The van der Waals surface area contributed by atoms with E-state index in [1.54, 1.807) is 0 Å². The minimum absolute atomic E-state index is 0.0944. The maximum absolute atomic E-state index is 14.0. The van der Waals surface area contributed by atoms with E-state index < -0.39 is 6.17 Å². The van der Waals surface area contributed by atoms with Crippen LogP contribution in [0.15, 0.2) is 60.0 Å². The van der Waals surface area contributed by atoms with Crippen LogP contribution in [0.5, 0.6) is 0 Å². The van der Waals surface area contributed by atoms with Gasteiger partial charge in [-0.3, -0.25) is 9.88 Å². The normalized spacial score (nSPS) is 36.1. The van der Waals surface area contributed by atoms with Crippen molar-refractivity contribution in [3.8, 4) is 0 Å². The highest BCUT2D eigenvalue weighted by Gasteiger charge is 2.60. The summed E-state index contributed by atoms with van der Waals surface area (Å²) in [5.74, 6) is 1.16. The third-order valence-corrected chi connectivity index (χ3v) is 10.7. The van der Waals surface area contributed by atoms with E-state index in [0.29, 0.717) is 30.8 Å². The number of hydrogen-bond donors (Lipinski definition) is 0. The van der Waals surface area contributed by atoms with Crippen molar-refractivity contribution >= 4 is 10.8 Å². The molecule has 196 valence electrons. The number of halogens is 1. The van der Waals surface area contributed by atoms with Crippen LogP contribution < -0.4 is 0 Å². The van der Waals surface area contributed by atoms with Crippen LogP contribution in [0.2, 0.25) is 0 Å². The number of benzene rings is 1. The maximum Gasteiger partial charge on any atom is 0.114 e. The molecule has 0 N–H and O–H groups in total. The van der Waals surface area contributed by atoms with Gasteiger partial charge in [0, 0.05) is 36.9 Å². The molecule has 2 bridgehead atoms. The van der Waals surface area contributed by atoms with E-state index in [9.17, 15) is 4.39 Å². The van der Waals surface area contributed by atoms with E-state index in [2.05, 4.69) is 53.2 Å². The molecule has 1 aromatic heterocycles. The lowest BCUT2D eigenvalue weighted by Crippen LogP contribution is -2.52. The third kappa shape index (κ3) is 4.01. The van der Waals surface area contributed by atoms with Gasteiger partial charge in [0.15, 0.2) is 0 Å². The summed E-state index contributed by atoms with van der Waals surface area (Å²) in [5.41, 5.74) is 4.28. The van der Waals surface area contributed by atoms with Gasteiger partial charge in [-0.15, -0.1) is 0 Å². The van der Waals surface area contributed by atoms with Crippen LogP contribution in [0.1, 0.15) is 89.0 Å². The monoisotopic (exact) mass is 500 g/mol. The van der Waals surface area contributed by atoms with Crippen molar-refractivity contribution in [1.29, 1.82) is 0 Å². The van der Waals surface area contributed by atoms with E-state index in [1.165, 1.54) is 53.2 Å². The Kier molecular flexibility index (Phi) is 6.05. The number of hydrogen-bond acceptors (Lipinski definition) is 3. The van der Waals surface area contributed by atoms with Gasteiger partial charge >= 0.3 is 0 Å². The van der Waals surface area contributed by atoms with Gasteiger partial charge in [-0.25, -0.2) is 4.39 Å². The van der Waals surface area contributed by atoms with Gasteiger partial charge in [-0.2, -0.15) is 0 Å². The molecule has 6 atom stereocenters. The second-order valence-electron chi connectivity index (χ2n) is 12.5. The first-order valence-electron chi connectivity index (χ1n) is 14.9. The van der Waals surface area contributed by atoms with Gasteiger partial charge in [-0.05, 0) is 117 Å². The van der Waals surface area contributed by atoms with E-state index in [4.69, 9.17) is 4.74 Å². The van der Waals surface area contributed by atoms with Gasteiger partial charge in [0.1, 0.15) is 6.17 Å². The molecule has 2 spiro atoms. The first-order valence-corrected chi connectivity index (χ1v) is 14.9. The Hall–Kier alpha value is -2.04. The summed E-state index contributed by atoms with van der Waals surface area (Å²) < 4.78 is 21.4. The molecular weight excluding hydrogens is 459 g/mol. The smallest absolute Gasteiger partial charge is 0.114 e. The number of allylic oxidation sites excluding steroid dienone is 1. The Balaban J connectivity index is 1.10. The average Bonchev–Trinajstić information content (AvgIpc) is 3.49. The maximum atomic E-state index is 14.0. The zero-order valence-corrected chi connectivity index (χ0v) is 22.3. The predicted molar refractivity (Wildman–Crippen MR) is 147 cm³/mol. The van der Waals surface area contributed by atoms with E-state index in [-0.39, 0.29) is 11.2 Å². The molecule has 0 radical (unpaired) electrons. The summed E-state index contributed by atoms with van der Waals surface area (Å²) in [5, 5.41) is 2.51. The van der Waals surface area contributed by atoms with Crippen LogP contribution in [-0.2, 0) is 4.74 Å². The van der Waals surface area contributed by atoms with Crippen molar-refractivity contribution in [1.82, 2.24) is 9.88 Å². The lowest BCUT2D eigenvalue weighted by atomic mass is 9.69. The molecule has 2 unspecified atom stereocenters. The average molecular weight is 501 g/mol. The predicted octanol–water partition coefficient (Wildman–Crippen LogP) is 7.67. The molecule has 4 heteroatoms. The van der Waals surface area contributed by atoms with Crippen LogP contribution in [0.4, 0.5) is 4.39 Å². The number of rotatable bonds is 6. The molecule has 5 aliphatic rings. The minimum Gasteiger partial charge on any atom is -0.359 e. The molecule has 2 aliphatic carbocycles. The van der Waals surface area contributed by atoms with Crippen LogP contribution in [0, 0.1) is 5.92 Å². The lowest BCUT2D eigenvalue weighted by Gasteiger charge is -2.51. The highest BCUT2D eigenvalue weighted by molar-refractivity contribution is 5.82. The molecule has 1 aromatic carbocycles. The fraction of sp³-hybridized carbons (Fsp3) is 0.606. The second kappa shape index (κ2) is 9.31. The first-order chi connectivity index (χ1) is 18.1. The number of nitrogens with zero attached hydrogens (tertiary/aromatic N) is 2. The topological polar surface area (TPSA) is 25.4 Å². The van der Waals surface area contributed by atoms with Crippen molar-refractivity contribution in [2.45, 2.75) is 107 Å². The second-order valence-corrected chi connectivity index (χ2v) is 12.5. The summed E-state index contributed by atoms with van der Waals surface area (Å²) >= 11 is 0. The summed E-state index contributed by atoms with van der Waals surface area (Å²) in [6.45, 7) is 3.88. The molecule has 3 fully saturated rings.